The largest absolute Gasteiger partial charge is 0.378 e. The fraction of sp³-hybridized carbons (Fsp3) is 0.290. The lowest BCUT2D eigenvalue weighted by Gasteiger charge is -2.27. The van der Waals surface area contributed by atoms with Crippen molar-refractivity contribution in [3.63, 3.8) is 0 Å². The van der Waals surface area contributed by atoms with E-state index < -0.39 is 10.0 Å². The fourth-order valence-corrected chi connectivity index (χ4v) is 6.64. The van der Waals surface area contributed by atoms with E-state index in [0.29, 0.717) is 24.5 Å². The van der Waals surface area contributed by atoms with Crippen molar-refractivity contribution < 1.29 is 17.9 Å². The highest BCUT2D eigenvalue weighted by Gasteiger charge is 2.22. The molecule has 2 aromatic heterocycles. The van der Waals surface area contributed by atoms with Gasteiger partial charge in [0.25, 0.3) is 5.91 Å². The van der Waals surface area contributed by atoms with E-state index in [1.807, 2.05) is 42.5 Å². The van der Waals surface area contributed by atoms with Crippen molar-refractivity contribution in [2.45, 2.75) is 12.2 Å². The molecule has 2 saturated heterocycles. The molecular weight excluding hydrogens is 566 g/mol. The molecule has 0 aliphatic carbocycles. The molecule has 2 fully saturated rings. The molecule has 2 N–H and O–H groups in total. The number of amides is 1. The van der Waals surface area contributed by atoms with Crippen LogP contribution in [0.1, 0.15) is 12.0 Å². The third kappa shape index (κ3) is 6.76. The van der Waals surface area contributed by atoms with E-state index in [0.717, 1.165) is 66.4 Å². The SMILES string of the molecule is C=CC(=O)/N=C\C1CCN(c2ccc(CS(=O)(=O)Nc3ccc(-c4cc5c(N6CCOCC6)ncnc5[nH]4)cc3)cc2)C1. The number of nitrogens with zero attached hydrogens (tertiary/aromatic N) is 5. The molecular formula is C31H33N7O4S. The van der Waals surface area contributed by atoms with Crippen molar-refractivity contribution in [2.24, 2.45) is 10.9 Å². The number of aromatic amines is 1. The summed E-state index contributed by atoms with van der Waals surface area (Å²) in [6, 6.07) is 16.8. The molecule has 1 unspecified atom stereocenters. The van der Waals surface area contributed by atoms with E-state index >= 15 is 0 Å². The minimum atomic E-state index is -3.63. The summed E-state index contributed by atoms with van der Waals surface area (Å²) >= 11 is 0. The molecule has 222 valence electrons. The standard InChI is InChI=1S/C31H33N7O4S/c1-2-29(39)32-18-23-11-12-38(19-23)26-9-3-22(4-10-26)20-43(40,41)36-25-7-5-24(6-8-25)28-17-27-30(35-28)33-21-34-31(27)37-13-15-42-16-14-37/h2-10,17-18,21,23,36H,1,11-16,19-20H2,(H,33,34,35)/b32-18-. The van der Waals surface area contributed by atoms with Crippen LogP contribution in [0.2, 0.25) is 0 Å². The Hall–Kier alpha value is -4.55. The van der Waals surface area contributed by atoms with Crippen molar-refractivity contribution >= 4 is 50.4 Å². The summed E-state index contributed by atoms with van der Waals surface area (Å²) in [5.41, 5.74) is 4.73. The lowest BCUT2D eigenvalue weighted by atomic mass is 10.1. The maximum absolute atomic E-state index is 13.0. The zero-order valence-corrected chi connectivity index (χ0v) is 24.5. The molecule has 0 bridgehead atoms. The molecule has 4 aromatic rings. The van der Waals surface area contributed by atoms with E-state index in [2.05, 4.69) is 41.0 Å². The Bertz CT molecular complexity index is 1750. The summed E-state index contributed by atoms with van der Waals surface area (Å²) in [4.78, 5) is 31.9. The fourth-order valence-electron chi connectivity index (χ4n) is 5.44. The Kier molecular flexibility index (Phi) is 8.21. The first-order valence-electron chi connectivity index (χ1n) is 14.2. The maximum Gasteiger partial charge on any atom is 0.268 e. The first-order valence-corrected chi connectivity index (χ1v) is 15.8. The third-order valence-electron chi connectivity index (χ3n) is 7.65. The molecule has 12 heteroatoms. The van der Waals surface area contributed by atoms with E-state index in [1.54, 1.807) is 24.7 Å². The van der Waals surface area contributed by atoms with Gasteiger partial charge in [-0.05, 0) is 54.0 Å². The monoisotopic (exact) mass is 599 g/mol. The number of H-pyrrole nitrogens is 1. The number of morpholine rings is 1. The van der Waals surface area contributed by atoms with Crippen molar-refractivity contribution in [3.8, 4) is 11.3 Å². The van der Waals surface area contributed by atoms with Gasteiger partial charge in [-0.25, -0.2) is 23.4 Å². The zero-order valence-electron chi connectivity index (χ0n) is 23.6. The third-order valence-corrected chi connectivity index (χ3v) is 8.91. The van der Waals surface area contributed by atoms with E-state index in [4.69, 9.17) is 4.74 Å². The highest BCUT2D eigenvalue weighted by Crippen LogP contribution is 2.30. The number of ether oxygens (including phenoxy) is 1. The Morgan fingerprint density at radius 2 is 1.84 bits per heavy atom. The molecule has 4 heterocycles. The van der Waals surface area contributed by atoms with E-state index in [1.165, 1.54) is 6.08 Å². The number of nitrogens with one attached hydrogen (secondary N) is 2. The number of fused-ring (bicyclic) bond motifs is 1. The quantitative estimate of drug-likeness (QED) is 0.218. The Morgan fingerprint density at radius 1 is 1.07 bits per heavy atom. The first kappa shape index (κ1) is 28.6. The van der Waals surface area contributed by atoms with Gasteiger partial charge in [0.15, 0.2) is 0 Å². The molecule has 2 aliphatic rings. The average Bonchev–Trinajstić information content (AvgIpc) is 3.68. The summed E-state index contributed by atoms with van der Waals surface area (Å²) in [6.07, 6.45) is 5.35. The van der Waals surface area contributed by atoms with Crippen LogP contribution in [0.25, 0.3) is 22.3 Å². The molecule has 6 rings (SSSR count). The van der Waals surface area contributed by atoms with Crippen LogP contribution < -0.4 is 14.5 Å². The lowest BCUT2D eigenvalue weighted by molar-refractivity contribution is -0.113. The number of aromatic nitrogens is 3. The number of carbonyl (C=O) groups excluding carboxylic acids is 1. The molecule has 0 saturated carbocycles. The van der Waals surface area contributed by atoms with Crippen molar-refractivity contribution in [2.75, 3.05) is 53.9 Å². The van der Waals surface area contributed by atoms with Gasteiger partial charge in [0, 0.05) is 55.4 Å². The minimum absolute atomic E-state index is 0.140. The number of carbonyl (C=O) groups is 1. The van der Waals surface area contributed by atoms with Gasteiger partial charge < -0.3 is 19.5 Å². The smallest absolute Gasteiger partial charge is 0.268 e. The van der Waals surface area contributed by atoms with Gasteiger partial charge in [-0.3, -0.25) is 9.52 Å². The van der Waals surface area contributed by atoms with Crippen LogP contribution in [0.15, 0.2) is 78.6 Å². The van der Waals surface area contributed by atoms with Crippen LogP contribution in [0, 0.1) is 5.92 Å². The highest BCUT2D eigenvalue weighted by molar-refractivity contribution is 7.91. The van der Waals surface area contributed by atoms with E-state index in [-0.39, 0.29) is 17.6 Å². The van der Waals surface area contributed by atoms with Gasteiger partial charge in [0.1, 0.15) is 17.8 Å². The Balaban J connectivity index is 1.08. The Morgan fingerprint density at radius 3 is 2.58 bits per heavy atom. The molecule has 1 atom stereocenters. The summed E-state index contributed by atoms with van der Waals surface area (Å²) < 4.78 is 34.1. The first-order chi connectivity index (χ1) is 20.9. The predicted octanol–water partition coefficient (Wildman–Crippen LogP) is 4.01. The van der Waals surface area contributed by atoms with Crippen molar-refractivity contribution in [1.29, 1.82) is 0 Å². The Labute approximate surface area is 250 Å². The van der Waals surface area contributed by atoms with Gasteiger partial charge >= 0.3 is 0 Å². The number of benzene rings is 2. The summed E-state index contributed by atoms with van der Waals surface area (Å²) in [7, 11) is -3.63. The van der Waals surface area contributed by atoms with E-state index in [9.17, 15) is 13.2 Å². The van der Waals surface area contributed by atoms with Crippen LogP contribution in [0.3, 0.4) is 0 Å². The normalized spacial score (nSPS) is 17.5. The number of aliphatic imine (C=N–C) groups is 1. The topological polar surface area (TPSA) is 133 Å². The van der Waals surface area contributed by atoms with Gasteiger partial charge in [-0.2, -0.15) is 0 Å². The molecule has 43 heavy (non-hydrogen) atoms. The summed E-state index contributed by atoms with van der Waals surface area (Å²) in [5, 5.41) is 0.939. The molecule has 0 spiro atoms. The second-order valence-electron chi connectivity index (χ2n) is 10.7. The van der Waals surface area contributed by atoms with Gasteiger partial charge in [-0.15, -0.1) is 0 Å². The van der Waals surface area contributed by atoms with Crippen LogP contribution in [-0.2, 0) is 25.3 Å². The number of anilines is 3. The minimum Gasteiger partial charge on any atom is -0.378 e. The van der Waals surface area contributed by atoms with Crippen LogP contribution in [-0.4, -0.2) is 74.9 Å². The highest BCUT2D eigenvalue weighted by atomic mass is 32.2. The zero-order chi connectivity index (χ0) is 29.8. The maximum atomic E-state index is 13.0. The van der Waals surface area contributed by atoms with Crippen LogP contribution in [0.4, 0.5) is 17.2 Å². The average molecular weight is 600 g/mol. The number of hydrogen-bond donors (Lipinski definition) is 2. The number of sulfonamides is 1. The van der Waals surface area contributed by atoms with Gasteiger partial charge in [0.2, 0.25) is 10.0 Å². The molecule has 11 nitrogen and oxygen atoms in total. The molecule has 0 radical (unpaired) electrons. The van der Waals surface area contributed by atoms with Gasteiger partial charge in [-0.1, -0.05) is 30.8 Å². The molecule has 1 amide bonds. The lowest BCUT2D eigenvalue weighted by Crippen LogP contribution is -2.36. The number of rotatable bonds is 9. The molecule has 2 aliphatic heterocycles. The van der Waals surface area contributed by atoms with Gasteiger partial charge in [0.05, 0.1) is 24.4 Å². The van der Waals surface area contributed by atoms with Crippen LogP contribution >= 0.6 is 0 Å². The summed E-state index contributed by atoms with van der Waals surface area (Å²) in [6.45, 7) is 7.92. The predicted molar refractivity (Wildman–Crippen MR) is 169 cm³/mol. The number of hydrogen-bond acceptors (Lipinski definition) is 8. The van der Waals surface area contributed by atoms with Crippen molar-refractivity contribution in [3.05, 3.63) is 79.1 Å². The van der Waals surface area contributed by atoms with Crippen LogP contribution in [0.5, 0.6) is 0 Å². The second-order valence-corrected chi connectivity index (χ2v) is 12.4. The molecule has 2 aromatic carbocycles. The van der Waals surface area contributed by atoms with Crippen molar-refractivity contribution in [1.82, 2.24) is 15.0 Å². The summed E-state index contributed by atoms with van der Waals surface area (Å²) in [5.74, 6) is 0.594. The second kappa shape index (κ2) is 12.4.